The molecule has 108 valence electrons. The molecule has 0 radical (unpaired) electrons. The van der Waals surface area contributed by atoms with E-state index in [0.29, 0.717) is 0 Å². The molecule has 1 amide bonds. The van der Waals surface area contributed by atoms with Crippen LogP contribution in [-0.4, -0.2) is 5.91 Å². The van der Waals surface area contributed by atoms with Crippen LogP contribution in [0.2, 0.25) is 0 Å². The maximum atomic E-state index is 11.2. The highest BCUT2D eigenvalue weighted by Crippen LogP contribution is 2.31. The van der Waals surface area contributed by atoms with E-state index in [-0.39, 0.29) is 5.91 Å². The monoisotopic (exact) mass is 280 g/mol. The summed E-state index contributed by atoms with van der Waals surface area (Å²) in [6, 6.07) is 12.8. The summed E-state index contributed by atoms with van der Waals surface area (Å²) in [7, 11) is 0. The Balaban J connectivity index is 1.85. The van der Waals surface area contributed by atoms with Crippen LogP contribution in [0, 0.1) is 13.8 Å². The average Bonchev–Trinajstić information content (AvgIpc) is 2.80. The summed E-state index contributed by atoms with van der Waals surface area (Å²) in [4.78, 5) is 13.5. The Morgan fingerprint density at radius 1 is 1.00 bits per heavy atom. The molecule has 3 rings (SSSR count). The highest BCUT2D eigenvalue weighted by atomic mass is 16.1. The van der Waals surface area contributed by atoms with Gasteiger partial charge in [0.25, 0.3) is 0 Å². The van der Waals surface area contributed by atoms with Crippen molar-refractivity contribution in [1.82, 2.24) is 0 Å². The highest BCUT2D eigenvalue weighted by Gasteiger charge is 2.20. The Hall–Kier alpha value is -2.29. The normalized spacial score (nSPS) is 13.2. The lowest BCUT2D eigenvalue weighted by Gasteiger charge is -2.19. The fourth-order valence-corrected chi connectivity index (χ4v) is 2.99. The number of aryl methyl sites for hydroxylation is 2. The number of nitrogens with one attached hydrogen (secondary N) is 1. The van der Waals surface area contributed by atoms with Gasteiger partial charge in [-0.1, -0.05) is 12.1 Å². The number of amides is 1. The van der Waals surface area contributed by atoms with Crippen LogP contribution in [0.4, 0.5) is 11.4 Å². The SMILES string of the molecule is CC(=O)Nc1ccc2c(c1)CN(c1cc(C)cc(C)c1)C2. The molecule has 3 nitrogen and oxygen atoms in total. The van der Waals surface area contributed by atoms with Crippen molar-refractivity contribution in [3.05, 3.63) is 58.7 Å². The summed E-state index contributed by atoms with van der Waals surface area (Å²) in [5.74, 6) is -0.0286. The topological polar surface area (TPSA) is 32.3 Å². The van der Waals surface area contributed by atoms with Gasteiger partial charge in [0.2, 0.25) is 5.91 Å². The van der Waals surface area contributed by atoms with Gasteiger partial charge in [0.15, 0.2) is 0 Å². The number of rotatable bonds is 2. The van der Waals surface area contributed by atoms with Crippen LogP contribution >= 0.6 is 0 Å². The quantitative estimate of drug-likeness (QED) is 0.908. The minimum absolute atomic E-state index is 0.0286. The lowest BCUT2D eigenvalue weighted by Crippen LogP contribution is -2.14. The first-order valence-electron chi connectivity index (χ1n) is 7.24. The van der Waals surface area contributed by atoms with Gasteiger partial charge in [0.05, 0.1) is 0 Å². The summed E-state index contributed by atoms with van der Waals surface area (Å²) in [5.41, 5.74) is 7.36. The number of anilines is 2. The first-order chi connectivity index (χ1) is 10.0. The predicted octanol–water partition coefficient (Wildman–Crippen LogP) is 3.78. The number of carbonyl (C=O) groups excluding carboxylic acids is 1. The zero-order valence-electron chi connectivity index (χ0n) is 12.7. The van der Waals surface area contributed by atoms with E-state index >= 15 is 0 Å². The van der Waals surface area contributed by atoms with E-state index < -0.39 is 0 Å². The zero-order chi connectivity index (χ0) is 15.0. The maximum absolute atomic E-state index is 11.2. The van der Waals surface area contributed by atoms with Crippen molar-refractivity contribution in [3.63, 3.8) is 0 Å². The van der Waals surface area contributed by atoms with Gasteiger partial charge in [-0.2, -0.15) is 0 Å². The summed E-state index contributed by atoms with van der Waals surface area (Å²) in [5, 5.41) is 2.85. The highest BCUT2D eigenvalue weighted by molar-refractivity contribution is 5.88. The Bertz CT molecular complexity index is 686. The van der Waals surface area contributed by atoms with Crippen molar-refractivity contribution < 1.29 is 4.79 Å². The molecule has 0 atom stereocenters. The average molecular weight is 280 g/mol. The molecule has 0 unspecified atom stereocenters. The zero-order valence-corrected chi connectivity index (χ0v) is 12.7. The number of benzene rings is 2. The smallest absolute Gasteiger partial charge is 0.221 e. The summed E-state index contributed by atoms with van der Waals surface area (Å²) >= 11 is 0. The number of nitrogens with zero attached hydrogens (tertiary/aromatic N) is 1. The van der Waals surface area contributed by atoms with Gasteiger partial charge in [-0.25, -0.2) is 0 Å². The Morgan fingerprint density at radius 3 is 2.33 bits per heavy atom. The van der Waals surface area contributed by atoms with E-state index in [9.17, 15) is 4.79 Å². The van der Waals surface area contributed by atoms with Crippen LogP contribution in [0.15, 0.2) is 36.4 Å². The fraction of sp³-hybridized carbons (Fsp3) is 0.278. The molecule has 2 aromatic carbocycles. The first-order valence-corrected chi connectivity index (χ1v) is 7.24. The van der Waals surface area contributed by atoms with Gasteiger partial charge in [-0.3, -0.25) is 4.79 Å². The molecule has 1 N–H and O–H groups in total. The fourth-order valence-electron chi connectivity index (χ4n) is 2.99. The molecular formula is C18H20N2O. The second-order valence-corrected chi connectivity index (χ2v) is 5.87. The van der Waals surface area contributed by atoms with Crippen molar-refractivity contribution in [2.75, 3.05) is 10.2 Å². The molecule has 21 heavy (non-hydrogen) atoms. The van der Waals surface area contributed by atoms with Crippen molar-refractivity contribution in [1.29, 1.82) is 0 Å². The van der Waals surface area contributed by atoms with Crippen LogP contribution in [0.5, 0.6) is 0 Å². The molecule has 0 aliphatic carbocycles. The molecule has 0 fully saturated rings. The third-order valence-electron chi connectivity index (χ3n) is 3.82. The second-order valence-electron chi connectivity index (χ2n) is 5.87. The van der Waals surface area contributed by atoms with Crippen LogP contribution in [-0.2, 0) is 17.9 Å². The van der Waals surface area contributed by atoms with Crippen molar-refractivity contribution in [3.8, 4) is 0 Å². The van der Waals surface area contributed by atoms with Crippen molar-refractivity contribution in [2.45, 2.75) is 33.9 Å². The van der Waals surface area contributed by atoms with Gasteiger partial charge in [-0.05, 0) is 60.4 Å². The standard InChI is InChI=1S/C18H20N2O/c1-12-6-13(2)8-18(7-12)20-10-15-4-5-17(19-14(3)21)9-16(15)11-20/h4-9H,10-11H2,1-3H3,(H,19,21). The molecule has 1 aliphatic rings. The van der Waals surface area contributed by atoms with Gasteiger partial charge >= 0.3 is 0 Å². The lowest BCUT2D eigenvalue weighted by molar-refractivity contribution is -0.114. The van der Waals surface area contributed by atoms with Gasteiger partial charge in [-0.15, -0.1) is 0 Å². The van der Waals surface area contributed by atoms with Crippen LogP contribution in [0.3, 0.4) is 0 Å². The van der Waals surface area contributed by atoms with E-state index in [1.165, 1.54) is 34.9 Å². The molecule has 0 spiro atoms. The van der Waals surface area contributed by atoms with Gasteiger partial charge in [0, 0.05) is 31.4 Å². The number of hydrogen-bond donors (Lipinski definition) is 1. The van der Waals surface area contributed by atoms with Crippen molar-refractivity contribution >= 4 is 17.3 Å². The first kappa shape index (κ1) is 13.7. The molecule has 0 saturated heterocycles. The molecule has 2 aromatic rings. The largest absolute Gasteiger partial charge is 0.363 e. The number of fused-ring (bicyclic) bond motifs is 1. The molecule has 0 bridgehead atoms. The molecule has 0 saturated carbocycles. The Morgan fingerprint density at radius 2 is 1.67 bits per heavy atom. The maximum Gasteiger partial charge on any atom is 0.221 e. The molecular weight excluding hydrogens is 260 g/mol. The second kappa shape index (κ2) is 5.24. The molecule has 0 aromatic heterocycles. The molecule has 1 heterocycles. The van der Waals surface area contributed by atoms with Crippen molar-refractivity contribution in [2.24, 2.45) is 0 Å². The summed E-state index contributed by atoms with van der Waals surface area (Å²) < 4.78 is 0. The predicted molar refractivity (Wildman–Crippen MR) is 86.5 cm³/mol. The number of hydrogen-bond acceptors (Lipinski definition) is 2. The summed E-state index contributed by atoms with van der Waals surface area (Å²) in [6.07, 6.45) is 0. The van der Waals surface area contributed by atoms with E-state index in [0.717, 1.165) is 18.8 Å². The van der Waals surface area contributed by atoms with Crippen LogP contribution < -0.4 is 10.2 Å². The third kappa shape index (κ3) is 2.92. The number of carbonyl (C=O) groups is 1. The minimum atomic E-state index is -0.0286. The Labute approximate surface area is 125 Å². The lowest BCUT2D eigenvalue weighted by atomic mass is 10.1. The molecule has 3 heteroatoms. The van der Waals surface area contributed by atoms with Crippen LogP contribution in [0.1, 0.15) is 29.2 Å². The van der Waals surface area contributed by atoms with E-state index in [2.05, 4.69) is 54.4 Å². The molecule has 1 aliphatic heterocycles. The Kier molecular flexibility index (Phi) is 3.42. The van der Waals surface area contributed by atoms with E-state index in [1.807, 2.05) is 6.07 Å². The van der Waals surface area contributed by atoms with E-state index in [1.54, 1.807) is 0 Å². The van der Waals surface area contributed by atoms with E-state index in [4.69, 9.17) is 0 Å². The summed E-state index contributed by atoms with van der Waals surface area (Å²) in [6.45, 7) is 7.63. The third-order valence-corrected chi connectivity index (χ3v) is 3.82. The van der Waals surface area contributed by atoms with Gasteiger partial charge < -0.3 is 10.2 Å². The minimum Gasteiger partial charge on any atom is -0.363 e. The van der Waals surface area contributed by atoms with Crippen LogP contribution in [0.25, 0.3) is 0 Å². The van der Waals surface area contributed by atoms with Gasteiger partial charge in [0.1, 0.15) is 0 Å².